The fraction of sp³-hybridized carbons (Fsp3) is 0.346. The van der Waals surface area contributed by atoms with E-state index in [9.17, 15) is 19.5 Å². The maximum absolute atomic E-state index is 12.6. The molecule has 0 heterocycles. The Morgan fingerprint density at radius 1 is 1.09 bits per heavy atom. The Kier molecular flexibility index (Phi) is 8.24. The van der Waals surface area contributed by atoms with Crippen molar-refractivity contribution in [3.63, 3.8) is 0 Å². The Balaban J connectivity index is 1.57. The van der Waals surface area contributed by atoms with Crippen molar-refractivity contribution in [1.82, 2.24) is 10.6 Å². The van der Waals surface area contributed by atoms with Crippen molar-refractivity contribution in [1.29, 1.82) is 0 Å². The molecule has 0 fully saturated rings. The highest BCUT2D eigenvalue weighted by molar-refractivity contribution is 5.85. The third-order valence-electron chi connectivity index (χ3n) is 5.86. The van der Waals surface area contributed by atoms with Crippen LogP contribution >= 0.6 is 0 Å². The summed E-state index contributed by atoms with van der Waals surface area (Å²) >= 11 is 0. The molecule has 0 saturated carbocycles. The Morgan fingerprint density at radius 3 is 2.24 bits per heavy atom. The van der Waals surface area contributed by atoms with Gasteiger partial charge in [-0.1, -0.05) is 68.0 Å². The van der Waals surface area contributed by atoms with Gasteiger partial charge < -0.3 is 20.5 Å². The summed E-state index contributed by atoms with van der Waals surface area (Å²) in [4.78, 5) is 36.3. The van der Waals surface area contributed by atoms with Gasteiger partial charge >= 0.3 is 12.1 Å². The highest BCUT2D eigenvalue weighted by atomic mass is 16.5. The second-order valence-corrected chi connectivity index (χ2v) is 8.12. The zero-order valence-corrected chi connectivity index (χ0v) is 18.8. The zero-order chi connectivity index (χ0) is 23.8. The number of aliphatic carboxylic acids is 1. The van der Waals surface area contributed by atoms with Gasteiger partial charge in [0.15, 0.2) is 0 Å². The molecule has 7 heteroatoms. The van der Waals surface area contributed by atoms with Crippen LogP contribution in [0.25, 0.3) is 11.1 Å². The Hall–Kier alpha value is -3.61. The number of alkyl carbamates (subject to hydrolysis) is 1. The third kappa shape index (κ3) is 5.80. The first-order valence-electron chi connectivity index (χ1n) is 11.2. The third-order valence-corrected chi connectivity index (χ3v) is 5.86. The molecule has 0 radical (unpaired) electrons. The predicted octanol–water partition coefficient (Wildman–Crippen LogP) is 4.09. The number of carbonyl (C=O) groups is 3. The monoisotopic (exact) mass is 450 g/mol. The van der Waals surface area contributed by atoms with Gasteiger partial charge in [-0.05, 0) is 35.1 Å². The molecule has 2 atom stereocenters. The summed E-state index contributed by atoms with van der Waals surface area (Å²) in [5, 5.41) is 14.4. The lowest BCUT2D eigenvalue weighted by atomic mass is 9.98. The van der Waals surface area contributed by atoms with Crippen molar-refractivity contribution in [2.75, 3.05) is 13.2 Å². The summed E-state index contributed by atoms with van der Waals surface area (Å²) in [7, 11) is 0. The van der Waals surface area contributed by atoms with Gasteiger partial charge in [-0.15, -0.1) is 6.58 Å². The number of amides is 2. The molecule has 2 unspecified atom stereocenters. The number of carboxylic acids is 1. The molecule has 2 amide bonds. The minimum atomic E-state index is -1.12. The minimum Gasteiger partial charge on any atom is -0.480 e. The molecule has 1 aliphatic rings. The van der Waals surface area contributed by atoms with Gasteiger partial charge in [0, 0.05) is 12.5 Å². The van der Waals surface area contributed by atoms with E-state index >= 15 is 0 Å². The van der Waals surface area contributed by atoms with Crippen LogP contribution in [0.4, 0.5) is 4.79 Å². The van der Waals surface area contributed by atoms with Crippen LogP contribution in [0.15, 0.2) is 61.2 Å². The van der Waals surface area contributed by atoms with Gasteiger partial charge in [0.25, 0.3) is 0 Å². The maximum atomic E-state index is 12.6. The van der Waals surface area contributed by atoms with E-state index in [0.717, 1.165) is 22.3 Å². The van der Waals surface area contributed by atoms with Crippen LogP contribution in [0.1, 0.15) is 43.2 Å². The van der Waals surface area contributed by atoms with Gasteiger partial charge in [-0.2, -0.15) is 0 Å². The van der Waals surface area contributed by atoms with Crippen LogP contribution in [0.2, 0.25) is 0 Å². The smallest absolute Gasteiger partial charge is 0.407 e. The fourth-order valence-corrected chi connectivity index (χ4v) is 4.21. The SMILES string of the molecule is C=CCC(NC(=O)C(CCC)CNC(=O)OCC1c2ccccc2-c2ccccc21)C(=O)O. The normalized spacial score (nSPS) is 13.8. The number of fused-ring (bicyclic) bond motifs is 3. The van der Waals surface area contributed by atoms with Crippen molar-refractivity contribution in [3.05, 3.63) is 72.3 Å². The molecule has 33 heavy (non-hydrogen) atoms. The number of carbonyl (C=O) groups excluding carboxylic acids is 2. The number of ether oxygens (including phenoxy) is 1. The fourth-order valence-electron chi connectivity index (χ4n) is 4.21. The molecule has 0 aliphatic heterocycles. The van der Waals surface area contributed by atoms with Crippen LogP contribution in [0, 0.1) is 5.92 Å². The van der Waals surface area contributed by atoms with Gasteiger partial charge in [-0.25, -0.2) is 9.59 Å². The topological polar surface area (TPSA) is 105 Å². The molecule has 1 aliphatic carbocycles. The highest BCUT2D eigenvalue weighted by Gasteiger charge is 2.29. The van der Waals surface area contributed by atoms with Crippen LogP contribution in [0.5, 0.6) is 0 Å². The van der Waals surface area contributed by atoms with Crippen LogP contribution in [-0.2, 0) is 14.3 Å². The van der Waals surface area contributed by atoms with E-state index in [1.165, 1.54) is 6.08 Å². The molecule has 3 rings (SSSR count). The van der Waals surface area contributed by atoms with E-state index < -0.39 is 29.9 Å². The van der Waals surface area contributed by atoms with Gasteiger partial charge in [0.2, 0.25) is 5.91 Å². The lowest BCUT2D eigenvalue weighted by Crippen LogP contribution is -2.46. The Labute approximate surface area is 193 Å². The van der Waals surface area contributed by atoms with Crippen molar-refractivity contribution in [2.24, 2.45) is 5.92 Å². The molecule has 174 valence electrons. The minimum absolute atomic E-state index is 0.0480. The molecule has 2 aromatic rings. The van der Waals surface area contributed by atoms with Crippen LogP contribution < -0.4 is 10.6 Å². The van der Waals surface area contributed by atoms with Crippen LogP contribution in [-0.4, -0.2) is 42.3 Å². The molecule has 0 aromatic heterocycles. The molecule has 7 nitrogen and oxygen atoms in total. The number of carboxylic acid groups (broad SMARTS) is 1. The van der Waals surface area contributed by atoms with Crippen molar-refractivity contribution >= 4 is 18.0 Å². The highest BCUT2D eigenvalue weighted by Crippen LogP contribution is 2.44. The number of benzene rings is 2. The average Bonchev–Trinajstić information content (AvgIpc) is 3.13. The number of hydrogen-bond acceptors (Lipinski definition) is 4. The lowest BCUT2D eigenvalue weighted by Gasteiger charge is -2.20. The summed E-state index contributed by atoms with van der Waals surface area (Å²) in [6, 6.07) is 15.1. The van der Waals surface area contributed by atoms with E-state index in [2.05, 4.69) is 29.3 Å². The largest absolute Gasteiger partial charge is 0.480 e. The lowest BCUT2D eigenvalue weighted by molar-refractivity contribution is -0.142. The first-order chi connectivity index (χ1) is 16.0. The molecular formula is C26H30N2O5. The summed E-state index contributed by atoms with van der Waals surface area (Å²) in [5.74, 6) is -2.14. The van der Waals surface area contributed by atoms with Crippen molar-refractivity contribution in [3.8, 4) is 11.1 Å². The van der Waals surface area contributed by atoms with E-state index in [4.69, 9.17) is 4.74 Å². The number of nitrogens with one attached hydrogen (secondary N) is 2. The number of hydrogen-bond donors (Lipinski definition) is 3. The molecule has 2 aromatic carbocycles. The van der Waals surface area contributed by atoms with Gasteiger partial charge in [0.1, 0.15) is 12.6 Å². The number of rotatable bonds is 11. The van der Waals surface area contributed by atoms with Crippen molar-refractivity contribution in [2.45, 2.75) is 38.1 Å². The Morgan fingerprint density at radius 2 is 1.70 bits per heavy atom. The van der Waals surface area contributed by atoms with Gasteiger partial charge in [-0.3, -0.25) is 4.79 Å². The summed E-state index contributed by atoms with van der Waals surface area (Å²) in [6.45, 7) is 5.70. The zero-order valence-electron chi connectivity index (χ0n) is 18.8. The summed E-state index contributed by atoms with van der Waals surface area (Å²) < 4.78 is 5.52. The van der Waals surface area contributed by atoms with Gasteiger partial charge in [0.05, 0.1) is 5.92 Å². The second kappa shape index (κ2) is 11.3. The van der Waals surface area contributed by atoms with E-state index in [-0.39, 0.29) is 25.5 Å². The average molecular weight is 451 g/mol. The molecule has 0 spiro atoms. The summed E-state index contributed by atoms with van der Waals surface area (Å²) in [5.41, 5.74) is 4.54. The van der Waals surface area contributed by atoms with Crippen LogP contribution in [0.3, 0.4) is 0 Å². The van der Waals surface area contributed by atoms with E-state index in [0.29, 0.717) is 12.8 Å². The quantitative estimate of drug-likeness (QED) is 0.447. The molecule has 3 N–H and O–H groups in total. The predicted molar refractivity (Wildman–Crippen MR) is 126 cm³/mol. The maximum Gasteiger partial charge on any atom is 0.407 e. The molecule has 0 saturated heterocycles. The first kappa shape index (κ1) is 24.0. The first-order valence-corrected chi connectivity index (χ1v) is 11.2. The second-order valence-electron chi connectivity index (χ2n) is 8.12. The van der Waals surface area contributed by atoms with Crippen molar-refractivity contribution < 1.29 is 24.2 Å². The Bertz CT molecular complexity index is 974. The molecular weight excluding hydrogens is 420 g/mol. The van der Waals surface area contributed by atoms with E-state index in [1.807, 2.05) is 43.3 Å². The standard InChI is InChI=1S/C26H30N2O5/c1-3-9-17(24(29)28-23(10-4-2)25(30)31)15-27-26(32)33-16-22-20-13-7-5-11-18(20)19-12-6-8-14-21(19)22/h4-8,11-14,17,22-23H,2-3,9-10,15-16H2,1H3,(H,27,32)(H,28,29)(H,30,31). The molecule has 0 bridgehead atoms. The van der Waals surface area contributed by atoms with E-state index in [1.54, 1.807) is 0 Å². The summed E-state index contributed by atoms with van der Waals surface area (Å²) in [6.07, 6.45) is 2.19.